The maximum Gasteiger partial charge on any atom is 0.246 e. The zero-order valence-corrected chi connectivity index (χ0v) is 16.5. The maximum atomic E-state index is 12.9. The van der Waals surface area contributed by atoms with Gasteiger partial charge in [0.15, 0.2) is 0 Å². The van der Waals surface area contributed by atoms with E-state index in [2.05, 4.69) is 10.00 Å². The number of hydrogen-bond acceptors (Lipinski definition) is 4. The molecule has 0 atom stereocenters. The predicted octanol–water partition coefficient (Wildman–Crippen LogP) is 2.18. The van der Waals surface area contributed by atoms with E-state index in [1.54, 1.807) is 15.2 Å². The van der Waals surface area contributed by atoms with Crippen molar-refractivity contribution in [1.82, 2.24) is 19.0 Å². The van der Waals surface area contributed by atoms with Gasteiger partial charge in [0.2, 0.25) is 10.0 Å². The highest BCUT2D eigenvalue weighted by Crippen LogP contribution is 2.57. The molecule has 0 unspecified atom stereocenters. The van der Waals surface area contributed by atoms with E-state index in [1.165, 1.54) is 44.7 Å². The molecule has 4 aliphatic carbocycles. The largest absolute Gasteiger partial charge is 0.295 e. The number of rotatable bonds is 4. The molecule has 6 rings (SSSR count). The second-order valence-corrected chi connectivity index (χ2v) is 11.0. The van der Waals surface area contributed by atoms with Crippen LogP contribution in [0.4, 0.5) is 0 Å². The summed E-state index contributed by atoms with van der Waals surface area (Å²) in [6.45, 7) is 5.65. The number of hydrogen-bond donors (Lipinski definition) is 0. The van der Waals surface area contributed by atoms with Crippen molar-refractivity contribution in [2.45, 2.75) is 62.4 Å². The molecule has 1 aromatic rings. The van der Waals surface area contributed by atoms with Gasteiger partial charge in [-0.25, -0.2) is 8.42 Å². The van der Waals surface area contributed by atoms with Crippen molar-refractivity contribution in [3.8, 4) is 0 Å². The standard InChI is InChI=1S/C19H30N4O2S/c1-2-22-14-18(13-20-22)26(24,25)23-5-3-21(4-6-23)19-10-15-7-16(11-19)9-17(8-15)12-19/h13-17H,2-12H2,1H3. The molecule has 4 bridgehead atoms. The SMILES string of the molecule is CCn1cc(S(=O)(=O)N2CCN(C34CC5CC(CC(C5)C3)C4)CC2)cn1. The molecule has 5 aliphatic rings. The Morgan fingerprint density at radius 1 is 1.04 bits per heavy atom. The van der Waals surface area contributed by atoms with E-state index >= 15 is 0 Å². The molecule has 4 saturated carbocycles. The molecule has 1 saturated heterocycles. The van der Waals surface area contributed by atoms with Gasteiger partial charge in [-0.1, -0.05) is 0 Å². The van der Waals surface area contributed by atoms with Gasteiger partial charge in [0.1, 0.15) is 4.90 Å². The molecule has 0 amide bonds. The summed E-state index contributed by atoms with van der Waals surface area (Å²) in [6, 6.07) is 0. The molecule has 2 heterocycles. The van der Waals surface area contributed by atoms with E-state index < -0.39 is 10.0 Å². The van der Waals surface area contributed by atoms with Crippen LogP contribution < -0.4 is 0 Å². The predicted molar refractivity (Wildman–Crippen MR) is 99.1 cm³/mol. The molecule has 1 aromatic heterocycles. The van der Waals surface area contributed by atoms with Crippen LogP contribution in [0.3, 0.4) is 0 Å². The van der Waals surface area contributed by atoms with Crippen LogP contribution >= 0.6 is 0 Å². The Morgan fingerprint density at radius 2 is 1.62 bits per heavy atom. The van der Waals surface area contributed by atoms with E-state index in [-0.39, 0.29) is 0 Å². The van der Waals surface area contributed by atoms with Gasteiger partial charge in [-0.05, 0) is 63.2 Å². The van der Waals surface area contributed by atoms with E-state index in [4.69, 9.17) is 0 Å². The first-order valence-electron chi connectivity index (χ1n) is 10.3. The Morgan fingerprint density at radius 3 is 2.12 bits per heavy atom. The number of aryl methyl sites for hydroxylation is 1. The lowest BCUT2D eigenvalue weighted by molar-refractivity contribution is -0.0964. The molecule has 26 heavy (non-hydrogen) atoms. The first-order chi connectivity index (χ1) is 12.5. The fourth-order valence-electron chi connectivity index (χ4n) is 6.65. The summed E-state index contributed by atoms with van der Waals surface area (Å²) in [4.78, 5) is 3.00. The molecule has 144 valence electrons. The normalized spacial score (nSPS) is 38.1. The topological polar surface area (TPSA) is 58.4 Å². The second-order valence-electron chi connectivity index (χ2n) is 9.06. The van der Waals surface area contributed by atoms with Crippen LogP contribution in [0.2, 0.25) is 0 Å². The van der Waals surface area contributed by atoms with Gasteiger partial charge in [0.25, 0.3) is 0 Å². The van der Waals surface area contributed by atoms with Crippen molar-refractivity contribution in [3.63, 3.8) is 0 Å². The van der Waals surface area contributed by atoms with Gasteiger partial charge in [0, 0.05) is 44.5 Å². The third kappa shape index (κ3) is 2.66. The van der Waals surface area contributed by atoms with Crippen molar-refractivity contribution in [1.29, 1.82) is 0 Å². The average Bonchev–Trinajstić information content (AvgIpc) is 3.11. The summed E-state index contributed by atoms with van der Waals surface area (Å²) in [5.41, 5.74) is 0.387. The Bertz CT molecular complexity index is 744. The lowest BCUT2D eigenvalue weighted by Gasteiger charge is -2.61. The van der Waals surface area contributed by atoms with Crippen LogP contribution in [0.1, 0.15) is 45.4 Å². The minimum absolute atomic E-state index is 0.336. The second kappa shape index (κ2) is 6.04. The Hall–Kier alpha value is -0.920. The van der Waals surface area contributed by atoms with Crippen LogP contribution in [-0.4, -0.2) is 59.1 Å². The van der Waals surface area contributed by atoms with Gasteiger partial charge in [0.05, 0.1) is 6.20 Å². The van der Waals surface area contributed by atoms with Crippen molar-refractivity contribution in [3.05, 3.63) is 12.4 Å². The van der Waals surface area contributed by atoms with Crippen molar-refractivity contribution in [2.24, 2.45) is 17.8 Å². The number of nitrogens with zero attached hydrogens (tertiary/aromatic N) is 4. The molecular formula is C19H30N4O2S. The summed E-state index contributed by atoms with van der Waals surface area (Å²) < 4.78 is 29.2. The Labute approximate surface area is 156 Å². The van der Waals surface area contributed by atoms with Gasteiger partial charge in [-0.15, -0.1) is 0 Å². The minimum Gasteiger partial charge on any atom is -0.295 e. The van der Waals surface area contributed by atoms with Crippen molar-refractivity contribution >= 4 is 10.0 Å². The molecule has 0 spiro atoms. The van der Waals surface area contributed by atoms with Gasteiger partial charge in [-0.3, -0.25) is 9.58 Å². The van der Waals surface area contributed by atoms with Crippen molar-refractivity contribution in [2.75, 3.05) is 26.2 Å². The van der Waals surface area contributed by atoms with Crippen molar-refractivity contribution < 1.29 is 8.42 Å². The van der Waals surface area contributed by atoms with Crippen LogP contribution in [0.25, 0.3) is 0 Å². The zero-order valence-electron chi connectivity index (χ0n) is 15.7. The average molecular weight is 379 g/mol. The first-order valence-corrected chi connectivity index (χ1v) is 11.7. The lowest BCUT2D eigenvalue weighted by Crippen LogP contribution is -2.64. The summed E-state index contributed by atoms with van der Waals surface area (Å²) in [6.07, 6.45) is 11.6. The summed E-state index contributed by atoms with van der Waals surface area (Å²) in [5, 5.41) is 4.14. The quantitative estimate of drug-likeness (QED) is 0.806. The number of piperazine rings is 1. The highest BCUT2D eigenvalue weighted by Gasteiger charge is 2.53. The first kappa shape index (κ1) is 17.2. The summed E-state index contributed by atoms with van der Waals surface area (Å²) in [7, 11) is -3.41. The van der Waals surface area contributed by atoms with Crippen LogP contribution in [0.15, 0.2) is 17.3 Å². The number of aromatic nitrogens is 2. The fraction of sp³-hybridized carbons (Fsp3) is 0.842. The Kier molecular flexibility index (Phi) is 4.00. The maximum absolute atomic E-state index is 12.9. The molecule has 0 aromatic carbocycles. The van der Waals surface area contributed by atoms with Gasteiger partial charge < -0.3 is 0 Å². The van der Waals surface area contributed by atoms with Gasteiger partial charge >= 0.3 is 0 Å². The van der Waals surface area contributed by atoms with Gasteiger partial charge in [-0.2, -0.15) is 9.40 Å². The molecule has 1 aliphatic heterocycles. The highest BCUT2D eigenvalue weighted by molar-refractivity contribution is 7.89. The molecule has 7 heteroatoms. The highest BCUT2D eigenvalue weighted by atomic mass is 32.2. The van der Waals surface area contributed by atoms with E-state index in [9.17, 15) is 8.42 Å². The summed E-state index contributed by atoms with van der Waals surface area (Å²) >= 11 is 0. The monoisotopic (exact) mass is 378 g/mol. The van der Waals surface area contributed by atoms with E-state index in [1.807, 2.05) is 6.92 Å². The van der Waals surface area contributed by atoms with E-state index in [0.29, 0.717) is 30.1 Å². The van der Waals surface area contributed by atoms with Crippen LogP contribution in [-0.2, 0) is 16.6 Å². The minimum atomic E-state index is -3.41. The number of sulfonamides is 1. The van der Waals surface area contributed by atoms with Crippen LogP contribution in [0, 0.1) is 17.8 Å². The lowest BCUT2D eigenvalue weighted by atomic mass is 9.52. The molecule has 5 fully saturated rings. The third-order valence-electron chi connectivity index (χ3n) is 7.49. The zero-order chi connectivity index (χ0) is 17.9. The van der Waals surface area contributed by atoms with Crippen LogP contribution in [0.5, 0.6) is 0 Å². The Balaban J connectivity index is 1.29. The molecule has 6 nitrogen and oxygen atoms in total. The molecule has 0 radical (unpaired) electrons. The summed E-state index contributed by atoms with van der Waals surface area (Å²) in [5.74, 6) is 2.80. The molecule has 0 N–H and O–H groups in total. The van der Waals surface area contributed by atoms with E-state index in [0.717, 1.165) is 30.8 Å². The smallest absolute Gasteiger partial charge is 0.246 e. The molecular weight excluding hydrogens is 348 g/mol. The fourth-order valence-corrected chi connectivity index (χ4v) is 8.03. The third-order valence-corrected chi connectivity index (χ3v) is 9.34.